The predicted octanol–water partition coefficient (Wildman–Crippen LogP) is 2.16. The number of hydrogen-bond donors (Lipinski definition) is 1. The lowest BCUT2D eigenvalue weighted by Crippen LogP contribution is -2.43. The molecule has 1 N–H and O–H groups in total. The molecule has 0 aliphatic carbocycles. The Morgan fingerprint density at radius 3 is 2.48 bits per heavy atom. The Hall–Kier alpha value is -2.86. The number of morpholine rings is 1. The second kappa shape index (κ2) is 7.80. The van der Waals surface area contributed by atoms with Gasteiger partial charge < -0.3 is 19.9 Å². The van der Waals surface area contributed by atoms with Gasteiger partial charge in [-0.3, -0.25) is 9.59 Å². The molecule has 1 saturated heterocycles. The van der Waals surface area contributed by atoms with Crippen LogP contribution in [0.2, 0.25) is 0 Å². The highest BCUT2D eigenvalue weighted by molar-refractivity contribution is 6.07. The SMILES string of the molecule is O=C(CNc1ccc(C(=O)N2CCc3ccccc32)cc1)N1CCOCC1. The fraction of sp³-hybridized carbons (Fsp3) is 0.333. The zero-order chi connectivity index (χ0) is 18.6. The van der Waals surface area contributed by atoms with E-state index in [9.17, 15) is 9.59 Å². The van der Waals surface area contributed by atoms with Crippen LogP contribution < -0.4 is 10.2 Å². The van der Waals surface area contributed by atoms with Gasteiger partial charge in [0, 0.05) is 36.6 Å². The number of carbonyl (C=O) groups is 2. The minimum Gasteiger partial charge on any atom is -0.378 e. The Balaban J connectivity index is 1.36. The van der Waals surface area contributed by atoms with Gasteiger partial charge in [-0.05, 0) is 42.3 Å². The molecule has 2 aromatic rings. The molecule has 6 nitrogen and oxygen atoms in total. The monoisotopic (exact) mass is 365 g/mol. The summed E-state index contributed by atoms with van der Waals surface area (Å²) in [6.07, 6.45) is 0.894. The van der Waals surface area contributed by atoms with E-state index in [1.807, 2.05) is 47.4 Å². The Morgan fingerprint density at radius 2 is 1.70 bits per heavy atom. The van der Waals surface area contributed by atoms with Gasteiger partial charge in [-0.25, -0.2) is 0 Å². The molecule has 0 saturated carbocycles. The van der Waals surface area contributed by atoms with Crippen LogP contribution in [0.4, 0.5) is 11.4 Å². The molecular weight excluding hydrogens is 342 g/mol. The summed E-state index contributed by atoms with van der Waals surface area (Å²) in [4.78, 5) is 28.6. The van der Waals surface area contributed by atoms with E-state index < -0.39 is 0 Å². The quantitative estimate of drug-likeness (QED) is 0.902. The van der Waals surface area contributed by atoms with Crippen LogP contribution in [0.3, 0.4) is 0 Å². The van der Waals surface area contributed by atoms with Crippen molar-refractivity contribution in [3.8, 4) is 0 Å². The lowest BCUT2D eigenvalue weighted by Gasteiger charge is -2.27. The molecule has 0 atom stereocenters. The standard InChI is InChI=1S/C21H23N3O3/c25-20(23-11-13-27-14-12-23)15-22-18-7-5-17(6-8-18)21(26)24-10-9-16-3-1-2-4-19(16)24/h1-8,22H,9-15H2. The number of fused-ring (bicyclic) bond motifs is 1. The molecule has 140 valence electrons. The number of amides is 2. The number of carbonyl (C=O) groups excluding carboxylic acids is 2. The van der Waals surface area contributed by atoms with Crippen molar-refractivity contribution in [2.45, 2.75) is 6.42 Å². The van der Waals surface area contributed by atoms with E-state index in [4.69, 9.17) is 4.74 Å². The molecular formula is C21H23N3O3. The van der Waals surface area contributed by atoms with E-state index in [2.05, 4.69) is 11.4 Å². The van der Waals surface area contributed by atoms with E-state index in [1.165, 1.54) is 5.56 Å². The van der Waals surface area contributed by atoms with E-state index in [-0.39, 0.29) is 18.4 Å². The third kappa shape index (κ3) is 3.80. The average molecular weight is 365 g/mol. The van der Waals surface area contributed by atoms with Gasteiger partial charge in [-0.2, -0.15) is 0 Å². The van der Waals surface area contributed by atoms with Crippen LogP contribution >= 0.6 is 0 Å². The molecule has 0 aromatic heterocycles. The van der Waals surface area contributed by atoms with Crippen molar-refractivity contribution in [2.75, 3.05) is 49.6 Å². The van der Waals surface area contributed by atoms with Crippen LogP contribution in [0.15, 0.2) is 48.5 Å². The maximum Gasteiger partial charge on any atom is 0.258 e. The van der Waals surface area contributed by atoms with Crippen molar-refractivity contribution >= 4 is 23.2 Å². The summed E-state index contributed by atoms with van der Waals surface area (Å²) in [6, 6.07) is 15.3. The lowest BCUT2D eigenvalue weighted by atomic mass is 10.1. The number of rotatable bonds is 4. The first-order chi connectivity index (χ1) is 13.2. The van der Waals surface area contributed by atoms with Crippen LogP contribution in [0, 0.1) is 0 Å². The van der Waals surface area contributed by atoms with Crippen molar-refractivity contribution in [1.82, 2.24) is 4.90 Å². The van der Waals surface area contributed by atoms with Crippen LogP contribution in [0.5, 0.6) is 0 Å². The zero-order valence-corrected chi connectivity index (χ0v) is 15.2. The topological polar surface area (TPSA) is 61.9 Å². The summed E-state index contributed by atoms with van der Waals surface area (Å²) in [7, 11) is 0. The zero-order valence-electron chi connectivity index (χ0n) is 15.2. The highest BCUT2D eigenvalue weighted by atomic mass is 16.5. The molecule has 0 bridgehead atoms. The van der Waals surface area contributed by atoms with Crippen molar-refractivity contribution in [3.63, 3.8) is 0 Å². The van der Waals surface area contributed by atoms with E-state index in [0.29, 0.717) is 38.4 Å². The summed E-state index contributed by atoms with van der Waals surface area (Å²) >= 11 is 0. The van der Waals surface area contributed by atoms with Crippen molar-refractivity contribution in [1.29, 1.82) is 0 Å². The van der Waals surface area contributed by atoms with Gasteiger partial charge in [0.2, 0.25) is 5.91 Å². The van der Waals surface area contributed by atoms with Crippen LogP contribution in [0.25, 0.3) is 0 Å². The molecule has 2 aliphatic heterocycles. The fourth-order valence-corrected chi connectivity index (χ4v) is 3.54. The minimum atomic E-state index is 0.0101. The van der Waals surface area contributed by atoms with Gasteiger partial charge in [-0.15, -0.1) is 0 Å². The molecule has 0 spiro atoms. The average Bonchev–Trinajstić information content (AvgIpc) is 3.16. The molecule has 4 rings (SSSR count). The first kappa shape index (κ1) is 17.5. The van der Waals surface area contributed by atoms with Crippen LogP contribution in [0.1, 0.15) is 15.9 Å². The minimum absolute atomic E-state index is 0.0101. The highest BCUT2D eigenvalue weighted by Gasteiger charge is 2.25. The van der Waals surface area contributed by atoms with Crippen LogP contribution in [-0.4, -0.2) is 56.1 Å². The molecule has 2 aromatic carbocycles. The van der Waals surface area contributed by atoms with Gasteiger partial charge in [0.1, 0.15) is 0 Å². The lowest BCUT2D eigenvalue weighted by molar-refractivity contribution is -0.133. The first-order valence-electron chi connectivity index (χ1n) is 9.31. The van der Waals surface area contributed by atoms with Crippen molar-refractivity contribution in [2.24, 2.45) is 0 Å². The Bertz CT molecular complexity index is 829. The van der Waals surface area contributed by atoms with Gasteiger partial charge in [0.05, 0.1) is 19.8 Å². The van der Waals surface area contributed by atoms with Gasteiger partial charge in [-0.1, -0.05) is 18.2 Å². The fourth-order valence-electron chi connectivity index (χ4n) is 3.54. The van der Waals surface area contributed by atoms with E-state index >= 15 is 0 Å². The van der Waals surface area contributed by atoms with Crippen LogP contribution in [-0.2, 0) is 16.0 Å². The smallest absolute Gasteiger partial charge is 0.258 e. The third-order valence-electron chi connectivity index (χ3n) is 5.07. The summed E-state index contributed by atoms with van der Waals surface area (Å²) < 4.78 is 5.26. The first-order valence-corrected chi connectivity index (χ1v) is 9.31. The number of nitrogens with one attached hydrogen (secondary N) is 1. The largest absolute Gasteiger partial charge is 0.378 e. The molecule has 27 heavy (non-hydrogen) atoms. The maximum atomic E-state index is 12.8. The number of para-hydroxylation sites is 1. The van der Waals surface area contributed by atoms with Crippen molar-refractivity contribution in [3.05, 3.63) is 59.7 Å². The maximum absolute atomic E-state index is 12.8. The van der Waals surface area contributed by atoms with Gasteiger partial charge in [0.15, 0.2) is 0 Å². The van der Waals surface area contributed by atoms with E-state index in [0.717, 1.165) is 17.8 Å². The molecule has 0 unspecified atom stereocenters. The molecule has 6 heteroatoms. The van der Waals surface area contributed by atoms with Crippen molar-refractivity contribution < 1.29 is 14.3 Å². The third-order valence-corrected chi connectivity index (χ3v) is 5.07. The summed E-state index contributed by atoms with van der Waals surface area (Å²) in [5.41, 5.74) is 3.69. The molecule has 2 heterocycles. The normalized spacial score (nSPS) is 16.1. The van der Waals surface area contributed by atoms with E-state index in [1.54, 1.807) is 4.90 Å². The molecule has 1 fully saturated rings. The second-order valence-electron chi connectivity index (χ2n) is 6.76. The number of ether oxygens (including phenoxy) is 1. The Labute approximate surface area is 158 Å². The summed E-state index contributed by atoms with van der Waals surface area (Å²) in [5, 5.41) is 3.14. The Kier molecular flexibility index (Phi) is 5.07. The second-order valence-corrected chi connectivity index (χ2v) is 6.76. The molecule has 0 radical (unpaired) electrons. The predicted molar refractivity (Wildman–Crippen MR) is 104 cm³/mol. The summed E-state index contributed by atoms with van der Waals surface area (Å²) in [6.45, 7) is 3.44. The Morgan fingerprint density at radius 1 is 0.963 bits per heavy atom. The van der Waals surface area contributed by atoms with Gasteiger partial charge in [0.25, 0.3) is 5.91 Å². The number of benzene rings is 2. The molecule has 2 amide bonds. The number of hydrogen-bond acceptors (Lipinski definition) is 4. The number of nitrogens with zero attached hydrogens (tertiary/aromatic N) is 2. The highest BCUT2D eigenvalue weighted by Crippen LogP contribution is 2.29. The van der Waals surface area contributed by atoms with Gasteiger partial charge >= 0.3 is 0 Å². The number of anilines is 2. The summed E-state index contributed by atoms with van der Waals surface area (Å²) in [5.74, 6) is 0.0722. The molecule has 2 aliphatic rings.